The van der Waals surface area contributed by atoms with E-state index in [1.807, 2.05) is 12.1 Å². The average Bonchev–Trinajstić information content (AvgIpc) is 3.79. The highest BCUT2D eigenvalue weighted by Crippen LogP contribution is 2.50. The van der Waals surface area contributed by atoms with E-state index in [2.05, 4.69) is 216 Å². The first-order valence-electron chi connectivity index (χ1n) is 21.8. The van der Waals surface area contributed by atoms with Gasteiger partial charge in [0.15, 0.2) is 0 Å². The van der Waals surface area contributed by atoms with Gasteiger partial charge in [-0.05, 0) is 141 Å². The van der Waals surface area contributed by atoms with E-state index in [4.69, 9.17) is 4.42 Å². The van der Waals surface area contributed by atoms with Gasteiger partial charge in [-0.15, -0.1) is 0 Å². The van der Waals surface area contributed by atoms with Gasteiger partial charge >= 0.3 is 0 Å². The fourth-order valence-electron chi connectivity index (χ4n) is 10.1. The molecule has 0 saturated heterocycles. The van der Waals surface area contributed by atoms with Crippen molar-refractivity contribution in [2.24, 2.45) is 0 Å². The second kappa shape index (κ2) is 15.7. The maximum Gasteiger partial charge on any atom is 0.136 e. The molecule has 1 aromatic heterocycles. The summed E-state index contributed by atoms with van der Waals surface area (Å²) in [5.41, 5.74) is 23.2. The van der Waals surface area contributed by atoms with Gasteiger partial charge in [0.1, 0.15) is 11.2 Å². The highest BCUT2D eigenvalue weighted by molar-refractivity contribution is 6.10. The van der Waals surface area contributed by atoms with Crippen molar-refractivity contribution < 1.29 is 4.42 Å². The molecule has 1 aliphatic rings. The fraction of sp³-hybridized carbons (Fsp3) is 0.133. The third-order valence-corrected chi connectivity index (χ3v) is 13.4. The quantitative estimate of drug-likeness (QED) is 0.128. The van der Waals surface area contributed by atoms with Crippen LogP contribution in [0.1, 0.15) is 53.6 Å². The summed E-state index contributed by atoms with van der Waals surface area (Å²) in [6.07, 6.45) is 4.88. The summed E-state index contributed by atoms with van der Waals surface area (Å²) >= 11 is 0. The second-order valence-corrected chi connectivity index (χ2v) is 17.3. The van der Waals surface area contributed by atoms with Gasteiger partial charge in [0.2, 0.25) is 0 Å². The molecule has 0 amide bonds. The third-order valence-electron chi connectivity index (χ3n) is 13.4. The number of para-hydroxylation sites is 1. The minimum Gasteiger partial charge on any atom is -0.456 e. The standard InChI is InChI=1S/C60H51NO/c1-7-17-43(49-24-16-27-57-59(49)51-23-13-15-26-56(51)62-57)36-37-61(55-35-33-48(46-20-10-8-18-39(46)2)41(4)58(55)47-21-11-9-19-40(47)3)45-31-28-42(29-32-45)44-30-34-54-52(38-44)50-22-12-14-25-53(50)60(54,5)6/h7-35,38H,1,36-37H2,2-6H3/b43-17+. The smallest absolute Gasteiger partial charge is 0.136 e. The SMILES string of the molecule is C=C/C=C(\CCN(c1ccc(-c2ccc3c(c2)-c2ccccc2C3(C)C)cc1)c1ccc(-c2ccccc2C)c(C)c1-c1ccccc1C)c1cccc2oc3ccccc3c12. The molecular weight excluding hydrogens is 751 g/mol. The van der Waals surface area contributed by atoms with E-state index < -0.39 is 0 Å². The van der Waals surface area contributed by atoms with Crippen LogP contribution < -0.4 is 4.90 Å². The van der Waals surface area contributed by atoms with E-state index in [0.29, 0.717) is 0 Å². The Kier molecular flexibility index (Phi) is 9.88. The van der Waals surface area contributed by atoms with Crippen molar-refractivity contribution in [2.75, 3.05) is 11.4 Å². The van der Waals surface area contributed by atoms with Crippen LogP contribution in [0.3, 0.4) is 0 Å². The summed E-state index contributed by atoms with van der Waals surface area (Å²) in [6, 6.07) is 62.2. The molecule has 0 bridgehead atoms. The number of furan rings is 1. The lowest BCUT2D eigenvalue weighted by Crippen LogP contribution is -2.20. The monoisotopic (exact) mass is 801 g/mol. The van der Waals surface area contributed by atoms with Crippen LogP contribution in [0.2, 0.25) is 0 Å². The summed E-state index contributed by atoms with van der Waals surface area (Å²) in [4.78, 5) is 2.53. The van der Waals surface area contributed by atoms with Gasteiger partial charge in [-0.1, -0.05) is 166 Å². The zero-order valence-corrected chi connectivity index (χ0v) is 36.3. The average molecular weight is 802 g/mol. The first kappa shape index (κ1) is 39.0. The summed E-state index contributed by atoms with van der Waals surface area (Å²) in [5.74, 6) is 0. The molecule has 0 fully saturated rings. The van der Waals surface area contributed by atoms with Crippen molar-refractivity contribution in [2.45, 2.75) is 46.5 Å². The Labute approximate surface area is 366 Å². The van der Waals surface area contributed by atoms with Gasteiger partial charge in [-0.3, -0.25) is 0 Å². The Balaban J connectivity index is 1.11. The van der Waals surface area contributed by atoms with Gasteiger partial charge in [0, 0.05) is 39.7 Å². The fourth-order valence-corrected chi connectivity index (χ4v) is 10.1. The second-order valence-electron chi connectivity index (χ2n) is 17.3. The number of hydrogen-bond acceptors (Lipinski definition) is 2. The molecule has 62 heavy (non-hydrogen) atoms. The highest BCUT2D eigenvalue weighted by Gasteiger charge is 2.35. The van der Waals surface area contributed by atoms with Gasteiger partial charge in [-0.25, -0.2) is 0 Å². The number of aryl methyl sites for hydroxylation is 2. The molecule has 9 aromatic rings. The zero-order chi connectivity index (χ0) is 42.5. The normalized spacial score (nSPS) is 13.0. The van der Waals surface area contributed by atoms with E-state index in [1.54, 1.807) is 0 Å². The first-order valence-corrected chi connectivity index (χ1v) is 21.8. The number of anilines is 2. The molecule has 0 aliphatic heterocycles. The van der Waals surface area contributed by atoms with Crippen LogP contribution in [0.4, 0.5) is 11.4 Å². The maximum atomic E-state index is 6.37. The molecule has 0 atom stereocenters. The molecule has 0 saturated carbocycles. The van der Waals surface area contributed by atoms with Crippen molar-refractivity contribution >= 4 is 38.9 Å². The van der Waals surface area contributed by atoms with Gasteiger partial charge in [0.25, 0.3) is 0 Å². The maximum absolute atomic E-state index is 6.37. The molecule has 0 unspecified atom stereocenters. The lowest BCUT2D eigenvalue weighted by molar-refractivity contribution is 0.660. The first-order chi connectivity index (χ1) is 30.2. The molecule has 2 heteroatoms. The van der Waals surface area contributed by atoms with E-state index >= 15 is 0 Å². The number of fused-ring (bicyclic) bond motifs is 6. The molecule has 10 rings (SSSR count). The molecule has 2 nitrogen and oxygen atoms in total. The minimum atomic E-state index is -0.0222. The van der Waals surface area contributed by atoms with Crippen molar-refractivity contribution in [3.05, 3.63) is 222 Å². The topological polar surface area (TPSA) is 16.4 Å². The van der Waals surface area contributed by atoms with Crippen LogP contribution in [0.5, 0.6) is 0 Å². The Morgan fingerprint density at radius 3 is 1.98 bits per heavy atom. The molecule has 1 heterocycles. The summed E-state index contributed by atoms with van der Waals surface area (Å²) < 4.78 is 6.37. The van der Waals surface area contributed by atoms with Crippen LogP contribution in [-0.2, 0) is 5.41 Å². The van der Waals surface area contributed by atoms with Crippen LogP contribution in [0.15, 0.2) is 193 Å². The summed E-state index contributed by atoms with van der Waals surface area (Å²) in [7, 11) is 0. The van der Waals surface area contributed by atoms with Crippen LogP contribution in [0, 0.1) is 20.8 Å². The van der Waals surface area contributed by atoms with Crippen molar-refractivity contribution in [1.29, 1.82) is 0 Å². The largest absolute Gasteiger partial charge is 0.456 e. The Morgan fingerprint density at radius 2 is 1.23 bits per heavy atom. The summed E-state index contributed by atoms with van der Waals surface area (Å²) in [6.45, 7) is 16.3. The van der Waals surface area contributed by atoms with E-state index in [-0.39, 0.29) is 5.41 Å². The Hall–Kier alpha value is -7.16. The van der Waals surface area contributed by atoms with E-state index in [0.717, 1.165) is 40.6 Å². The lowest BCUT2D eigenvalue weighted by atomic mass is 9.82. The molecular formula is C60H51NO. The number of hydrogen-bond donors (Lipinski definition) is 0. The van der Waals surface area contributed by atoms with Crippen LogP contribution >= 0.6 is 0 Å². The number of rotatable bonds is 10. The van der Waals surface area contributed by atoms with Gasteiger partial charge < -0.3 is 9.32 Å². The molecule has 302 valence electrons. The minimum absolute atomic E-state index is 0.0222. The Morgan fingerprint density at radius 1 is 0.581 bits per heavy atom. The highest BCUT2D eigenvalue weighted by atomic mass is 16.3. The molecule has 0 N–H and O–H groups in total. The molecule has 8 aromatic carbocycles. The molecule has 0 radical (unpaired) electrons. The van der Waals surface area contributed by atoms with Crippen molar-refractivity contribution in [3.63, 3.8) is 0 Å². The van der Waals surface area contributed by atoms with Crippen molar-refractivity contribution in [1.82, 2.24) is 0 Å². The number of nitrogens with zero attached hydrogens (tertiary/aromatic N) is 1. The van der Waals surface area contributed by atoms with Gasteiger partial charge in [-0.2, -0.15) is 0 Å². The van der Waals surface area contributed by atoms with E-state index in [9.17, 15) is 0 Å². The van der Waals surface area contributed by atoms with Crippen LogP contribution in [0.25, 0.3) is 72.0 Å². The summed E-state index contributed by atoms with van der Waals surface area (Å²) in [5, 5.41) is 2.27. The predicted molar refractivity (Wildman–Crippen MR) is 264 cm³/mol. The van der Waals surface area contributed by atoms with Gasteiger partial charge in [0.05, 0.1) is 0 Å². The Bertz CT molecular complexity index is 3210. The zero-order valence-electron chi connectivity index (χ0n) is 36.3. The van der Waals surface area contributed by atoms with Crippen LogP contribution in [-0.4, -0.2) is 6.54 Å². The molecule has 0 spiro atoms. The molecule has 1 aliphatic carbocycles. The van der Waals surface area contributed by atoms with E-state index in [1.165, 1.54) is 89.1 Å². The third kappa shape index (κ3) is 6.59. The lowest BCUT2D eigenvalue weighted by Gasteiger charge is -2.31. The number of benzene rings is 8. The predicted octanol–water partition coefficient (Wildman–Crippen LogP) is 16.6. The number of allylic oxidation sites excluding steroid dienone is 2. The van der Waals surface area contributed by atoms with Crippen molar-refractivity contribution in [3.8, 4) is 44.5 Å².